The lowest BCUT2D eigenvalue weighted by Crippen LogP contribution is -2.20. The molecule has 1 N–H and O–H groups in total. The minimum atomic E-state index is -5.34. The van der Waals surface area contributed by atoms with Crippen LogP contribution in [-0.4, -0.2) is 16.8 Å². The van der Waals surface area contributed by atoms with E-state index >= 15 is 0 Å². The second kappa shape index (κ2) is 6.92. The lowest BCUT2D eigenvalue weighted by molar-refractivity contribution is 0.358. The van der Waals surface area contributed by atoms with Crippen LogP contribution in [0.15, 0.2) is 57.2 Å². The Kier molecular flexibility index (Phi) is 4.70. The van der Waals surface area contributed by atoms with Gasteiger partial charge in [0, 0.05) is 0 Å². The summed E-state index contributed by atoms with van der Waals surface area (Å²) in [4.78, 5) is -2.78. The number of para-hydroxylation sites is 1. The van der Waals surface area contributed by atoms with Crippen LogP contribution < -0.4 is 9.46 Å². The van der Waals surface area contributed by atoms with Crippen molar-refractivity contribution in [2.24, 2.45) is 0 Å². The van der Waals surface area contributed by atoms with E-state index in [9.17, 15) is 38.8 Å². The number of ether oxygens (including phenoxy) is 1. The minimum Gasteiger partial charge on any atom is -0.455 e. The fraction of sp³-hybridized carbons (Fsp3) is 0. The van der Waals surface area contributed by atoms with Gasteiger partial charge in [0.05, 0.1) is 5.69 Å². The molecule has 4 rings (SSSR count). The van der Waals surface area contributed by atoms with Gasteiger partial charge in [0.25, 0.3) is 10.0 Å². The summed E-state index contributed by atoms with van der Waals surface area (Å²) in [5, 5.41) is 0. The number of anilines is 1. The molecule has 0 amide bonds. The number of nitrogens with one attached hydrogen (secondary N) is 1. The van der Waals surface area contributed by atoms with E-state index in [4.69, 9.17) is 4.74 Å². The van der Waals surface area contributed by atoms with Crippen LogP contribution in [0.25, 0.3) is 0 Å². The Balaban J connectivity index is 1.80. The first-order chi connectivity index (χ1) is 14.4. The SMILES string of the molecule is O=S(=O)(Nc1ccc2c(c1)S(=O)(=O)c1ccccc1O2)c1c(F)c(F)c(F)c(F)c1F. The standard InChI is InChI=1S/C18H8F5NO5S2/c19-13-14(20)16(22)18(17(23)15(13)21)31(27,28)24-8-5-6-10-12(7-8)30(25,26)11-4-2-1-3-9(11)29-10/h1-7,24H. The van der Waals surface area contributed by atoms with Gasteiger partial charge in [-0.3, -0.25) is 4.72 Å². The van der Waals surface area contributed by atoms with Gasteiger partial charge in [0.2, 0.25) is 15.7 Å². The van der Waals surface area contributed by atoms with Crippen LogP contribution in [0.2, 0.25) is 0 Å². The Hall–Kier alpha value is -3.19. The average Bonchev–Trinajstić information content (AvgIpc) is 2.71. The third kappa shape index (κ3) is 3.20. The van der Waals surface area contributed by atoms with E-state index in [1.54, 1.807) is 4.72 Å². The highest BCUT2D eigenvalue weighted by atomic mass is 32.2. The van der Waals surface area contributed by atoms with E-state index in [-0.39, 0.29) is 16.4 Å². The van der Waals surface area contributed by atoms with E-state index < -0.39 is 64.4 Å². The molecule has 0 radical (unpaired) electrons. The molecule has 162 valence electrons. The number of fused-ring (bicyclic) bond motifs is 2. The Morgan fingerprint density at radius 3 is 1.94 bits per heavy atom. The number of hydrogen-bond donors (Lipinski definition) is 1. The molecule has 13 heteroatoms. The number of benzene rings is 3. The largest absolute Gasteiger partial charge is 0.455 e. The van der Waals surface area contributed by atoms with Crippen molar-refractivity contribution in [3.8, 4) is 11.5 Å². The van der Waals surface area contributed by atoms with E-state index in [0.29, 0.717) is 0 Å². The lowest BCUT2D eigenvalue weighted by atomic mass is 10.3. The number of halogens is 5. The molecule has 1 heterocycles. The quantitative estimate of drug-likeness (QED) is 0.272. The number of hydrogen-bond acceptors (Lipinski definition) is 5. The van der Waals surface area contributed by atoms with Crippen LogP contribution in [-0.2, 0) is 19.9 Å². The Labute approximate surface area is 171 Å². The number of rotatable bonds is 3. The maximum atomic E-state index is 13.9. The Morgan fingerprint density at radius 1 is 0.742 bits per heavy atom. The summed E-state index contributed by atoms with van der Waals surface area (Å²) >= 11 is 0. The van der Waals surface area contributed by atoms with Crippen molar-refractivity contribution < 1.29 is 43.5 Å². The van der Waals surface area contributed by atoms with Gasteiger partial charge in [-0.25, -0.2) is 38.8 Å². The summed E-state index contributed by atoms with van der Waals surface area (Å²) in [6.45, 7) is 0. The van der Waals surface area contributed by atoms with Gasteiger partial charge in [0.15, 0.2) is 28.2 Å². The zero-order chi connectivity index (χ0) is 22.7. The highest BCUT2D eigenvalue weighted by Crippen LogP contribution is 2.43. The summed E-state index contributed by atoms with van der Waals surface area (Å²) in [5.41, 5.74) is -0.519. The topological polar surface area (TPSA) is 89.5 Å². The number of sulfonamides is 1. The molecule has 0 saturated heterocycles. The maximum absolute atomic E-state index is 13.9. The molecule has 31 heavy (non-hydrogen) atoms. The molecule has 0 atom stereocenters. The fourth-order valence-corrected chi connectivity index (χ4v) is 5.60. The van der Waals surface area contributed by atoms with Crippen molar-refractivity contribution in [2.75, 3.05) is 4.72 Å². The predicted octanol–water partition coefficient (Wildman–Crippen LogP) is 4.12. The molecule has 0 spiro atoms. The van der Waals surface area contributed by atoms with Gasteiger partial charge in [-0.2, -0.15) is 0 Å². The highest BCUT2D eigenvalue weighted by molar-refractivity contribution is 7.93. The molecule has 1 aliphatic rings. The van der Waals surface area contributed by atoms with Crippen molar-refractivity contribution in [2.45, 2.75) is 14.7 Å². The van der Waals surface area contributed by atoms with Crippen LogP contribution in [0.3, 0.4) is 0 Å². The number of sulfone groups is 1. The van der Waals surface area contributed by atoms with Gasteiger partial charge in [0.1, 0.15) is 21.3 Å². The van der Waals surface area contributed by atoms with E-state index in [1.807, 2.05) is 0 Å². The third-order valence-corrected chi connectivity index (χ3v) is 7.50. The Bertz CT molecular complexity index is 1440. The van der Waals surface area contributed by atoms with Crippen molar-refractivity contribution in [1.29, 1.82) is 0 Å². The van der Waals surface area contributed by atoms with Crippen molar-refractivity contribution in [1.82, 2.24) is 0 Å². The molecule has 6 nitrogen and oxygen atoms in total. The zero-order valence-electron chi connectivity index (χ0n) is 14.8. The second-order valence-corrected chi connectivity index (χ2v) is 9.72. The maximum Gasteiger partial charge on any atom is 0.267 e. The normalized spacial score (nSPS) is 14.4. The van der Waals surface area contributed by atoms with E-state index in [2.05, 4.69) is 0 Å². The molecule has 0 unspecified atom stereocenters. The predicted molar refractivity (Wildman–Crippen MR) is 95.5 cm³/mol. The van der Waals surface area contributed by atoms with Crippen LogP contribution in [0.5, 0.6) is 11.5 Å². The Morgan fingerprint density at radius 2 is 1.29 bits per heavy atom. The summed E-state index contributed by atoms with van der Waals surface area (Å²) in [5.74, 6) is -12.7. The van der Waals surface area contributed by atoms with Crippen molar-refractivity contribution in [3.05, 3.63) is 71.6 Å². The smallest absolute Gasteiger partial charge is 0.267 e. The minimum absolute atomic E-state index is 0.0322. The van der Waals surface area contributed by atoms with Gasteiger partial charge in [-0.1, -0.05) is 12.1 Å². The second-order valence-electron chi connectivity index (χ2n) is 6.22. The molecular weight excluding hydrogens is 469 g/mol. The molecular formula is C18H8F5NO5S2. The molecule has 0 fully saturated rings. The molecule has 0 saturated carbocycles. The first kappa shape index (κ1) is 21.1. The summed E-state index contributed by atoms with van der Waals surface area (Å²) < 4.78 is 125. The summed E-state index contributed by atoms with van der Waals surface area (Å²) in [7, 11) is -9.50. The fourth-order valence-electron chi connectivity index (χ4n) is 2.89. The van der Waals surface area contributed by atoms with E-state index in [0.717, 1.165) is 18.2 Å². The van der Waals surface area contributed by atoms with Gasteiger partial charge >= 0.3 is 0 Å². The van der Waals surface area contributed by atoms with Crippen LogP contribution >= 0.6 is 0 Å². The third-order valence-electron chi connectivity index (χ3n) is 4.28. The van der Waals surface area contributed by atoms with Crippen molar-refractivity contribution >= 4 is 25.5 Å². The zero-order valence-corrected chi connectivity index (χ0v) is 16.4. The first-order valence-corrected chi connectivity index (χ1v) is 11.1. The van der Waals surface area contributed by atoms with Crippen LogP contribution in [0.1, 0.15) is 0 Å². The molecule has 0 aliphatic carbocycles. The van der Waals surface area contributed by atoms with Gasteiger partial charge < -0.3 is 4.74 Å². The molecule has 3 aromatic carbocycles. The molecule has 0 bridgehead atoms. The summed E-state index contributed by atoms with van der Waals surface area (Å²) in [6.07, 6.45) is 0. The van der Waals surface area contributed by atoms with Crippen LogP contribution in [0, 0.1) is 29.1 Å². The first-order valence-electron chi connectivity index (χ1n) is 8.15. The van der Waals surface area contributed by atoms with E-state index in [1.165, 1.54) is 24.3 Å². The van der Waals surface area contributed by atoms with Crippen molar-refractivity contribution in [3.63, 3.8) is 0 Å². The van der Waals surface area contributed by atoms with Gasteiger partial charge in [-0.15, -0.1) is 0 Å². The molecule has 0 aromatic heterocycles. The highest BCUT2D eigenvalue weighted by Gasteiger charge is 2.35. The average molecular weight is 477 g/mol. The van der Waals surface area contributed by atoms with Gasteiger partial charge in [-0.05, 0) is 30.3 Å². The molecule has 1 aliphatic heterocycles. The monoisotopic (exact) mass is 477 g/mol. The summed E-state index contributed by atoms with van der Waals surface area (Å²) in [6, 6.07) is 8.47. The molecule has 3 aromatic rings. The lowest BCUT2D eigenvalue weighted by Gasteiger charge is -2.21. The van der Waals surface area contributed by atoms with Crippen LogP contribution in [0.4, 0.5) is 27.6 Å².